The number of benzene rings is 2. The molecule has 0 saturated carbocycles. The third-order valence-electron chi connectivity index (χ3n) is 2.83. The predicted molar refractivity (Wildman–Crippen MR) is 79.0 cm³/mol. The minimum Gasteiger partial charge on any atom is -0.497 e. The SMILES string of the molecule is COc1ccc(C(N)=O)c(OC(=O)COc2cccc(F)c2)c1. The van der Waals surface area contributed by atoms with Crippen molar-refractivity contribution in [1.29, 1.82) is 0 Å². The molecule has 0 aliphatic carbocycles. The van der Waals surface area contributed by atoms with E-state index in [0.29, 0.717) is 5.75 Å². The monoisotopic (exact) mass is 319 g/mol. The molecule has 2 rings (SSSR count). The maximum atomic E-state index is 13.0. The van der Waals surface area contributed by atoms with Crippen molar-refractivity contribution in [2.75, 3.05) is 13.7 Å². The van der Waals surface area contributed by atoms with Crippen LogP contribution in [0.3, 0.4) is 0 Å². The Morgan fingerprint density at radius 2 is 1.91 bits per heavy atom. The van der Waals surface area contributed by atoms with Crippen LogP contribution in [0, 0.1) is 5.82 Å². The highest BCUT2D eigenvalue weighted by Gasteiger charge is 2.15. The number of methoxy groups -OCH3 is 1. The van der Waals surface area contributed by atoms with Crippen LogP contribution in [0.15, 0.2) is 42.5 Å². The van der Waals surface area contributed by atoms with Gasteiger partial charge in [0.1, 0.15) is 23.1 Å². The van der Waals surface area contributed by atoms with Gasteiger partial charge in [0.05, 0.1) is 12.7 Å². The van der Waals surface area contributed by atoms with Crippen molar-refractivity contribution in [2.24, 2.45) is 5.73 Å². The van der Waals surface area contributed by atoms with Gasteiger partial charge in [-0.1, -0.05) is 6.07 Å². The van der Waals surface area contributed by atoms with Gasteiger partial charge >= 0.3 is 5.97 Å². The van der Waals surface area contributed by atoms with Gasteiger partial charge in [-0.3, -0.25) is 4.79 Å². The summed E-state index contributed by atoms with van der Waals surface area (Å²) in [6.07, 6.45) is 0. The molecular formula is C16H14FNO5. The molecule has 0 atom stereocenters. The van der Waals surface area contributed by atoms with Crippen LogP contribution in [0.25, 0.3) is 0 Å². The number of carbonyl (C=O) groups excluding carboxylic acids is 2. The molecule has 0 saturated heterocycles. The van der Waals surface area contributed by atoms with Gasteiger partial charge in [0.25, 0.3) is 5.91 Å². The Kier molecular flexibility index (Phi) is 5.14. The summed E-state index contributed by atoms with van der Waals surface area (Å²) in [5.74, 6) is -1.47. The van der Waals surface area contributed by atoms with E-state index in [1.807, 2.05) is 0 Å². The summed E-state index contributed by atoms with van der Waals surface area (Å²) in [5.41, 5.74) is 5.25. The lowest BCUT2D eigenvalue weighted by molar-refractivity contribution is -0.136. The largest absolute Gasteiger partial charge is 0.497 e. The molecule has 0 bridgehead atoms. The molecule has 2 N–H and O–H groups in total. The molecule has 6 nitrogen and oxygen atoms in total. The zero-order valence-corrected chi connectivity index (χ0v) is 12.2. The fraction of sp³-hybridized carbons (Fsp3) is 0.125. The van der Waals surface area contributed by atoms with E-state index in [1.165, 1.54) is 43.5 Å². The van der Waals surface area contributed by atoms with E-state index in [4.69, 9.17) is 19.9 Å². The van der Waals surface area contributed by atoms with E-state index in [2.05, 4.69) is 0 Å². The van der Waals surface area contributed by atoms with Crippen LogP contribution < -0.4 is 19.9 Å². The van der Waals surface area contributed by atoms with Crippen molar-refractivity contribution < 1.29 is 28.2 Å². The number of esters is 1. The Morgan fingerprint density at radius 3 is 2.57 bits per heavy atom. The minimum absolute atomic E-state index is 0.0323. The summed E-state index contributed by atoms with van der Waals surface area (Å²) in [4.78, 5) is 23.1. The molecule has 0 radical (unpaired) electrons. The lowest BCUT2D eigenvalue weighted by Crippen LogP contribution is -2.20. The van der Waals surface area contributed by atoms with Crippen LogP contribution in [0.5, 0.6) is 17.2 Å². The van der Waals surface area contributed by atoms with Crippen molar-refractivity contribution in [3.8, 4) is 17.2 Å². The summed E-state index contributed by atoms with van der Waals surface area (Å²) in [5, 5.41) is 0. The first-order valence-corrected chi connectivity index (χ1v) is 6.56. The Hall–Kier alpha value is -3.09. The van der Waals surface area contributed by atoms with Gasteiger partial charge in [-0.25, -0.2) is 9.18 Å². The average Bonchev–Trinajstić information content (AvgIpc) is 2.52. The van der Waals surface area contributed by atoms with Gasteiger partial charge in [0, 0.05) is 12.1 Å². The number of halogens is 1. The van der Waals surface area contributed by atoms with E-state index in [0.717, 1.165) is 6.07 Å². The van der Waals surface area contributed by atoms with E-state index >= 15 is 0 Å². The standard InChI is InChI=1S/C16H14FNO5/c1-21-11-5-6-13(16(18)20)14(8-11)23-15(19)9-22-12-4-2-3-10(17)7-12/h2-8H,9H2,1H3,(H2,18,20). The van der Waals surface area contributed by atoms with Crippen molar-refractivity contribution >= 4 is 11.9 Å². The number of carbonyl (C=O) groups is 2. The molecule has 1 amide bonds. The average molecular weight is 319 g/mol. The van der Waals surface area contributed by atoms with E-state index in [-0.39, 0.29) is 17.1 Å². The van der Waals surface area contributed by atoms with Crippen LogP contribution in [0.1, 0.15) is 10.4 Å². The van der Waals surface area contributed by atoms with Gasteiger partial charge in [0.2, 0.25) is 0 Å². The molecule has 2 aromatic rings. The van der Waals surface area contributed by atoms with Crippen LogP contribution in [-0.4, -0.2) is 25.6 Å². The second-order valence-corrected chi connectivity index (χ2v) is 4.45. The minimum atomic E-state index is -0.773. The number of rotatable bonds is 6. The van der Waals surface area contributed by atoms with Gasteiger partial charge < -0.3 is 19.9 Å². The Balaban J connectivity index is 2.06. The lowest BCUT2D eigenvalue weighted by Gasteiger charge is -2.10. The molecule has 0 aliphatic heterocycles. The summed E-state index contributed by atoms with van der Waals surface area (Å²) in [6, 6.07) is 9.59. The number of ether oxygens (including phenoxy) is 3. The molecule has 0 spiro atoms. The lowest BCUT2D eigenvalue weighted by atomic mass is 10.2. The third-order valence-corrected chi connectivity index (χ3v) is 2.83. The highest BCUT2D eigenvalue weighted by molar-refractivity contribution is 5.96. The van der Waals surface area contributed by atoms with Crippen LogP contribution >= 0.6 is 0 Å². The number of hydrogen-bond acceptors (Lipinski definition) is 5. The second kappa shape index (κ2) is 7.26. The van der Waals surface area contributed by atoms with E-state index in [1.54, 1.807) is 0 Å². The molecule has 0 fully saturated rings. The fourth-order valence-electron chi connectivity index (χ4n) is 1.77. The number of hydrogen-bond donors (Lipinski definition) is 1. The summed E-state index contributed by atoms with van der Waals surface area (Å²) >= 11 is 0. The first kappa shape index (κ1) is 16.3. The summed E-state index contributed by atoms with van der Waals surface area (Å²) in [7, 11) is 1.43. The highest BCUT2D eigenvalue weighted by Crippen LogP contribution is 2.24. The van der Waals surface area contributed by atoms with Crippen molar-refractivity contribution in [1.82, 2.24) is 0 Å². The molecule has 0 aliphatic rings. The number of primary amides is 1. The fourth-order valence-corrected chi connectivity index (χ4v) is 1.77. The molecule has 2 aromatic carbocycles. The quantitative estimate of drug-likeness (QED) is 0.649. The van der Waals surface area contributed by atoms with Gasteiger partial charge in [-0.05, 0) is 24.3 Å². The highest BCUT2D eigenvalue weighted by atomic mass is 19.1. The second-order valence-electron chi connectivity index (χ2n) is 4.45. The first-order chi connectivity index (χ1) is 11.0. The molecule has 0 heterocycles. The Morgan fingerprint density at radius 1 is 1.13 bits per heavy atom. The van der Waals surface area contributed by atoms with Gasteiger partial charge in [-0.2, -0.15) is 0 Å². The molecule has 0 aromatic heterocycles. The molecule has 120 valence electrons. The molecule has 7 heteroatoms. The Bertz CT molecular complexity index is 732. The number of amides is 1. The normalized spacial score (nSPS) is 10.0. The molecule has 23 heavy (non-hydrogen) atoms. The zero-order valence-electron chi connectivity index (χ0n) is 12.2. The maximum absolute atomic E-state index is 13.0. The maximum Gasteiger partial charge on any atom is 0.349 e. The predicted octanol–water partition coefficient (Wildman–Crippen LogP) is 1.92. The summed E-state index contributed by atoms with van der Waals surface area (Å²) in [6.45, 7) is -0.459. The van der Waals surface area contributed by atoms with E-state index in [9.17, 15) is 14.0 Å². The van der Waals surface area contributed by atoms with E-state index < -0.39 is 24.3 Å². The summed E-state index contributed by atoms with van der Waals surface area (Å²) < 4.78 is 28.2. The van der Waals surface area contributed by atoms with Gasteiger partial charge in [-0.15, -0.1) is 0 Å². The molecular weight excluding hydrogens is 305 g/mol. The number of nitrogens with two attached hydrogens (primary N) is 1. The van der Waals surface area contributed by atoms with Crippen molar-refractivity contribution in [2.45, 2.75) is 0 Å². The van der Waals surface area contributed by atoms with Gasteiger partial charge in [0.15, 0.2) is 6.61 Å². The van der Waals surface area contributed by atoms with Crippen LogP contribution in [-0.2, 0) is 4.79 Å². The third kappa shape index (κ3) is 4.44. The smallest absolute Gasteiger partial charge is 0.349 e. The van der Waals surface area contributed by atoms with Crippen molar-refractivity contribution in [3.63, 3.8) is 0 Å². The molecule has 0 unspecified atom stereocenters. The van der Waals surface area contributed by atoms with Crippen LogP contribution in [0.2, 0.25) is 0 Å². The Labute approximate surface area is 131 Å². The first-order valence-electron chi connectivity index (χ1n) is 6.56. The van der Waals surface area contributed by atoms with Crippen LogP contribution in [0.4, 0.5) is 4.39 Å². The topological polar surface area (TPSA) is 87.9 Å². The zero-order chi connectivity index (χ0) is 16.8. The van der Waals surface area contributed by atoms with Crippen molar-refractivity contribution in [3.05, 3.63) is 53.8 Å².